The minimum atomic E-state index is 0.0283. The lowest BCUT2D eigenvalue weighted by Crippen LogP contribution is -2.17. The monoisotopic (exact) mass is 229 g/mol. The second-order valence-corrected chi connectivity index (χ2v) is 4.06. The first-order chi connectivity index (χ1) is 7.07. The summed E-state index contributed by atoms with van der Waals surface area (Å²) in [5.74, 6) is 0.0283. The summed E-state index contributed by atoms with van der Waals surface area (Å²) in [6.07, 6.45) is 1.96. The number of carbonyl (C=O) groups excluding carboxylic acids is 1. The molecule has 1 heterocycles. The van der Waals surface area contributed by atoms with Crippen molar-refractivity contribution >= 4 is 17.4 Å². The Labute approximate surface area is 94.6 Å². The molecular formula is C10H16ClN3O. The standard InChI is InChI=1S/C10H16ClN3O/c1-7(2)14-10(8(11)6-13-14)9(15)4-5-12-3/h6-7,12H,4-5H2,1-3H3. The molecule has 0 saturated carbocycles. The first-order valence-electron chi connectivity index (χ1n) is 4.98. The summed E-state index contributed by atoms with van der Waals surface area (Å²) in [6.45, 7) is 4.59. The molecular weight excluding hydrogens is 214 g/mol. The van der Waals surface area contributed by atoms with Crippen molar-refractivity contribution in [3.63, 3.8) is 0 Å². The van der Waals surface area contributed by atoms with Gasteiger partial charge in [0, 0.05) is 19.0 Å². The summed E-state index contributed by atoms with van der Waals surface area (Å²) >= 11 is 5.94. The number of halogens is 1. The predicted molar refractivity (Wildman–Crippen MR) is 60.5 cm³/mol. The highest BCUT2D eigenvalue weighted by Crippen LogP contribution is 2.20. The smallest absolute Gasteiger partial charge is 0.183 e. The lowest BCUT2D eigenvalue weighted by atomic mass is 10.2. The summed E-state index contributed by atoms with van der Waals surface area (Å²) in [5, 5.41) is 7.46. The normalized spacial score (nSPS) is 11.0. The third-order valence-corrected chi connectivity index (χ3v) is 2.38. The van der Waals surface area contributed by atoms with E-state index in [1.165, 1.54) is 6.20 Å². The first-order valence-corrected chi connectivity index (χ1v) is 5.36. The fourth-order valence-corrected chi connectivity index (χ4v) is 1.59. The van der Waals surface area contributed by atoms with Gasteiger partial charge in [-0.2, -0.15) is 5.10 Å². The van der Waals surface area contributed by atoms with Crippen molar-refractivity contribution < 1.29 is 4.79 Å². The first kappa shape index (κ1) is 12.2. The van der Waals surface area contributed by atoms with Crippen LogP contribution in [0.4, 0.5) is 0 Å². The van der Waals surface area contributed by atoms with Gasteiger partial charge in [-0.25, -0.2) is 0 Å². The lowest BCUT2D eigenvalue weighted by molar-refractivity contribution is 0.0971. The van der Waals surface area contributed by atoms with Gasteiger partial charge in [0.05, 0.1) is 11.2 Å². The number of ketones is 1. The van der Waals surface area contributed by atoms with Crippen molar-refractivity contribution in [1.82, 2.24) is 15.1 Å². The topological polar surface area (TPSA) is 46.9 Å². The zero-order valence-corrected chi connectivity index (χ0v) is 10.0. The number of carbonyl (C=O) groups is 1. The van der Waals surface area contributed by atoms with Gasteiger partial charge in [-0.1, -0.05) is 11.6 Å². The molecule has 15 heavy (non-hydrogen) atoms. The fourth-order valence-electron chi connectivity index (χ4n) is 1.35. The molecule has 0 amide bonds. The van der Waals surface area contributed by atoms with E-state index >= 15 is 0 Å². The van der Waals surface area contributed by atoms with E-state index in [1.54, 1.807) is 4.68 Å². The van der Waals surface area contributed by atoms with Crippen LogP contribution in [0.1, 0.15) is 36.8 Å². The zero-order valence-electron chi connectivity index (χ0n) is 9.25. The van der Waals surface area contributed by atoms with Crippen molar-refractivity contribution in [2.45, 2.75) is 26.3 Å². The molecule has 0 aliphatic heterocycles. The molecule has 0 saturated heterocycles. The molecule has 0 bridgehead atoms. The van der Waals surface area contributed by atoms with Crippen LogP contribution in [0.3, 0.4) is 0 Å². The van der Waals surface area contributed by atoms with Gasteiger partial charge >= 0.3 is 0 Å². The molecule has 0 atom stereocenters. The van der Waals surface area contributed by atoms with Crippen LogP contribution in [-0.4, -0.2) is 29.2 Å². The Hall–Kier alpha value is -0.870. The molecule has 1 N–H and O–H groups in total. The third kappa shape index (κ3) is 2.79. The second-order valence-electron chi connectivity index (χ2n) is 3.66. The fraction of sp³-hybridized carbons (Fsp3) is 0.600. The van der Waals surface area contributed by atoms with Gasteiger partial charge in [0.2, 0.25) is 0 Å². The van der Waals surface area contributed by atoms with Crippen molar-refractivity contribution in [1.29, 1.82) is 0 Å². The number of nitrogens with zero attached hydrogens (tertiary/aromatic N) is 2. The quantitative estimate of drug-likeness (QED) is 0.785. The van der Waals surface area contributed by atoms with Crippen LogP contribution in [0, 0.1) is 0 Å². The molecule has 1 aromatic heterocycles. The average molecular weight is 230 g/mol. The van der Waals surface area contributed by atoms with Crippen LogP contribution in [0.25, 0.3) is 0 Å². The van der Waals surface area contributed by atoms with Gasteiger partial charge in [0.25, 0.3) is 0 Å². The van der Waals surface area contributed by atoms with Crippen LogP contribution in [0.2, 0.25) is 5.02 Å². The highest BCUT2D eigenvalue weighted by atomic mass is 35.5. The summed E-state index contributed by atoms with van der Waals surface area (Å²) in [6, 6.07) is 0.144. The number of hydrogen-bond donors (Lipinski definition) is 1. The van der Waals surface area contributed by atoms with Crippen LogP contribution in [0.5, 0.6) is 0 Å². The number of rotatable bonds is 5. The molecule has 0 aromatic carbocycles. The van der Waals surface area contributed by atoms with E-state index in [4.69, 9.17) is 11.6 Å². The van der Waals surface area contributed by atoms with Gasteiger partial charge in [-0.3, -0.25) is 9.48 Å². The third-order valence-electron chi connectivity index (χ3n) is 2.11. The van der Waals surface area contributed by atoms with E-state index in [2.05, 4.69) is 10.4 Å². The van der Waals surface area contributed by atoms with E-state index in [-0.39, 0.29) is 11.8 Å². The highest BCUT2D eigenvalue weighted by molar-refractivity contribution is 6.33. The average Bonchev–Trinajstić information content (AvgIpc) is 2.56. The molecule has 1 rings (SSSR count). The summed E-state index contributed by atoms with van der Waals surface area (Å²) in [5.41, 5.74) is 0.516. The summed E-state index contributed by atoms with van der Waals surface area (Å²) in [7, 11) is 1.81. The Kier molecular flexibility index (Phi) is 4.29. The van der Waals surface area contributed by atoms with E-state index < -0.39 is 0 Å². The van der Waals surface area contributed by atoms with Gasteiger partial charge in [-0.15, -0.1) is 0 Å². The SMILES string of the molecule is CNCCC(=O)c1c(Cl)cnn1C(C)C. The van der Waals surface area contributed by atoms with Crippen LogP contribution < -0.4 is 5.32 Å². The van der Waals surface area contributed by atoms with Crippen LogP contribution in [0.15, 0.2) is 6.20 Å². The van der Waals surface area contributed by atoms with Gasteiger partial charge < -0.3 is 5.32 Å². The molecule has 0 aliphatic carbocycles. The number of aromatic nitrogens is 2. The largest absolute Gasteiger partial charge is 0.319 e. The summed E-state index contributed by atoms with van der Waals surface area (Å²) in [4.78, 5) is 11.8. The van der Waals surface area contributed by atoms with Crippen molar-refractivity contribution in [2.75, 3.05) is 13.6 Å². The van der Waals surface area contributed by atoms with Crippen LogP contribution >= 0.6 is 11.6 Å². The van der Waals surface area contributed by atoms with Gasteiger partial charge in [0.1, 0.15) is 5.69 Å². The number of nitrogens with one attached hydrogen (secondary N) is 1. The molecule has 4 nitrogen and oxygen atoms in total. The minimum absolute atomic E-state index is 0.0283. The van der Waals surface area contributed by atoms with E-state index in [0.29, 0.717) is 23.7 Å². The van der Waals surface area contributed by atoms with Crippen molar-refractivity contribution in [3.8, 4) is 0 Å². The van der Waals surface area contributed by atoms with E-state index in [1.807, 2.05) is 20.9 Å². The van der Waals surface area contributed by atoms with E-state index in [9.17, 15) is 4.79 Å². The summed E-state index contributed by atoms with van der Waals surface area (Å²) < 4.78 is 1.67. The molecule has 1 aromatic rings. The van der Waals surface area contributed by atoms with Crippen molar-refractivity contribution in [2.24, 2.45) is 0 Å². The van der Waals surface area contributed by atoms with E-state index in [0.717, 1.165) is 0 Å². The molecule has 0 unspecified atom stereocenters. The maximum Gasteiger partial charge on any atom is 0.183 e. The Morgan fingerprint density at radius 1 is 1.67 bits per heavy atom. The molecule has 84 valence electrons. The van der Waals surface area contributed by atoms with Gasteiger partial charge in [-0.05, 0) is 20.9 Å². The Balaban J connectivity index is 2.91. The molecule has 5 heteroatoms. The molecule has 0 spiro atoms. The van der Waals surface area contributed by atoms with Crippen molar-refractivity contribution in [3.05, 3.63) is 16.9 Å². The molecule has 0 radical (unpaired) electrons. The Bertz CT molecular complexity index is 346. The second kappa shape index (κ2) is 5.28. The molecule has 0 fully saturated rings. The maximum atomic E-state index is 11.8. The maximum absolute atomic E-state index is 11.8. The highest BCUT2D eigenvalue weighted by Gasteiger charge is 2.18. The molecule has 0 aliphatic rings. The van der Waals surface area contributed by atoms with Crippen LogP contribution in [-0.2, 0) is 0 Å². The zero-order chi connectivity index (χ0) is 11.4. The van der Waals surface area contributed by atoms with Gasteiger partial charge in [0.15, 0.2) is 5.78 Å². The predicted octanol–water partition coefficient (Wildman–Crippen LogP) is 1.91. The Morgan fingerprint density at radius 2 is 2.33 bits per heavy atom. The number of hydrogen-bond acceptors (Lipinski definition) is 3. The lowest BCUT2D eigenvalue weighted by Gasteiger charge is -2.10. The Morgan fingerprint density at radius 3 is 2.87 bits per heavy atom. The number of Topliss-reactive ketones (excluding diaryl/α,β-unsaturated/α-hetero) is 1. The minimum Gasteiger partial charge on any atom is -0.319 e.